The molecule has 0 spiro atoms. The van der Waals surface area contributed by atoms with Crippen LogP contribution in [0.5, 0.6) is 0 Å². The van der Waals surface area contributed by atoms with Crippen molar-refractivity contribution >= 4 is 21.7 Å². The van der Waals surface area contributed by atoms with Crippen molar-refractivity contribution in [3.63, 3.8) is 0 Å². The minimum atomic E-state index is -4.35. The molecule has 2 N–H and O–H groups in total. The summed E-state index contributed by atoms with van der Waals surface area (Å²) >= 11 is 0. The van der Waals surface area contributed by atoms with E-state index in [2.05, 4.69) is 12.2 Å². The lowest BCUT2D eigenvalue weighted by atomic mass is 9.99. The lowest BCUT2D eigenvalue weighted by Crippen LogP contribution is -2.29. The number of nitrogens with one attached hydrogen (secondary N) is 1. The van der Waals surface area contributed by atoms with Crippen LogP contribution in [0.4, 0.5) is 5.69 Å². The Hall–Kier alpha value is -2.37. The molecule has 1 heterocycles. The minimum Gasteiger partial charge on any atom is -0.376 e. The number of anilines is 1. The van der Waals surface area contributed by atoms with Crippen molar-refractivity contribution in [1.82, 2.24) is 4.90 Å². The molecule has 2 rings (SSSR count). The zero-order valence-electron chi connectivity index (χ0n) is 13.3. The van der Waals surface area contributed by atoms with Gasteiger partial charge in [0, 0.05) is 25.0 Å². The van der Waals surface area contributed by atoms with Crippen LogP contribution in [0.3, 0.4) is 0 Å². The van der Waals surface area contributed by atoms with E-state index in [1.165, 1.54) is 24.4 Å². The average molecular weight is 349 g/mol. The molecule has 1 fully saturated rings. The van der Waals surface area contributed by atoms with Gasteiger partial charge >= 0.3 is 0 Å². The van der Waals surface area contributed by atoms with Crippen LogP contribution in [-0.2, 0) is 14.9 Å². The van der Waals surface area contributed by atoms with E-state index in [1.807, 2.05) is 11.0 Å². The maximum atomic E-state index is 12.2. The standard InChI is InChI=1S/C16H19N3O4S/c1-12-5-7-19(8-6-12)11-13(10-17)16(20)18-14-3-2-4-15(9-14)24(21,22)23/h2-4,9,11-12H,5-8H2,1H3,(H,18,20)(H,21,22,23)/b13-11-. The summed E-state index contributed by atoms with van der Waals surface area (Å²) in [5, 5.41) is 11.7. The molecule has 0 unspecified atom stereocenters. The number of piperidine rings is 1. The first-order valence-electron chi connectivity index (χ1n) is 7.54. The van der Waals surface area contributed by atoms with E-state index >= 15 is 0 Å². The highest BCUT2D eigenvalue weighted by atomic mass is 32.2. The molecule has 1 aromatic carbocycles. The van der Waals surface area contributed by atoms with Gasteiger partial charge in [0.15, 0.2) is 0 Å². The van der Waals surface area contributed by atoms with E-state index in [0.717, 1.165) is 32.0 Å². The third-order valence-corrected chi connectivity index (χ3v) is 4.73. The summed E-state index contributed by atoms with van der Waals surface area (Å²) in [7, 11) is -4.35. The predicted octanol–water partition coefficient (Wildman–Crippen LogP) is 2.01. The van der Waals surface area contributed by atoms with Gasteiger partial charge in [0.2, 0.25) is 0 Å². The molecule has 1 aliphatic heterocycles. The van der Waals surface area contributed by atoms with Gasteiger partial charge in [0.05, 0.1) is 4.90 Å². The quantitative estimate of drug-likeness (QED) is 0.489. The Balaban J connectivity index is 2.11. The van der Waals surface area contributed by atoms with Crippen LogP contribution in [0.15, 0.2) is 40.9 Å². The second-order valence-electron chi connectivity index (χ2n) is 5.83. The van der Waals surface area contributed by atoms with Gasteiger partial charge in [-0.2, -0.15) is 13.7 Å². The number of hydrogen-bond donors (Lipinski definition) is 2. The first-order valence-corrected chi connectivity index (χ1v) is 8.98. The maximum Gasteiger partial charge on any atom is 0.294 e. The lowest BCUT2D eigenvalue weighted by molar-refractivity contribution is -0.112. The van der Waals surface area contributed by atoms with Gasteiger partial charge in [-0.15, -0.1) is 0 Å². The number of nitriles is 1. The number of rotatable bonds is 4. The molecule has 8 heteroatoms. The van der Waals surface area contributed by atoms with Crippen molar-refractivity contribution in [1.29, 1.82) is 5.26 Å². The summed E-state index contributed by atoms with van der Waals surface area (Å²) < 4.78 is 31.3. The topological polar surface area (TPSA) is 111 Å². The number of likely N-dealkylation sites (tertiary alicyclic amines) is 1. The molecule has 0 aliphatic carbocycles. The van der Waals surface area contributed by atoms with Gasteiger partial charge < -0.3 is 10.2 Å². The summed E-state index contributed by atoms with van der Waals surface area (Å²) in [5.41, 5.74) is 0.130. The van der Waals surface area contributed by atoms with E-state index in [-0.39, 0.29) is 16.2 Å². The molecule has 24 heavy (non-hydrogen) atoms. The normalized spacial score (nSPS) is 16.5. The smallest absolute Gasteiger partial charge is 0.294 e. The Morgan fingerprint density at radius 1 is 1.42 bits per heavy atom. The minimum absolute atomic E-state index is 0.0539. The molecule has 0 bridgehead atoms. The largest absolute Gasteiger partial charge is 0.376 e. The number of carbonyl (C=O) groups excluding carboxylic acids is 1. The fraction of sp³-hybridized carbons (Fsp3) is 0.375. The van der Waals surface area contributed by atoms with E-state index in [9.17, 15) is 18.5 Å². The Bertz CT molecular complexity index is 788. The highest BCUT2D eigenvalue weighted by molar-refractivity contribution is 7.85. The molecular weight excluding hydrogens is 330 g/mol. The fourth-order valence-electron chi connectivity index (χ4n) is 2.41. The zero-order valence-corrected chi connectivity index (χ0v) is 14.1. The molecule has 1 aliphatic rings. The summed E-state index contributed by atoms with van der Waals surface area (Å²) in [5.74, 6) is 0.0146. The van der Waals surface area contributed by atoms with E-state index < -0.39 is 16.0 Å². The van der Waals surface area contributed by atoms with Crippen LogP contribution in [0, 0.1) is 17.2 Å². The van der Waals surface area contributed by atoms with Gasteiger partial charge in [-0.1, -0.05) is 13.0 Å². The summed E-state index contributed by atoms with van der Waals surface area (Å²) in [6, 6.07) is 7.07. The Labute approximate surface area is 141 Å². The SMILES string of the molecule is CC1CCN(/C=C(/C#N)C(=O)Nc2cccc(S(=O)(=O)O)c2)CC1. The molecule has 0 radical (unpaired) electrons. The molecule has 0 aromatic heterocycles. The van der Waals surface area contributed by atoms with Gasteiger partial charge in [-0.05, 0) is 37.0 Å². The first-order chi connectivity index (χ1) is 11.3. The lowest BCUT2D eigenvalue weighted by Gasteiger charge is -2.29. The molecule has 7 nitrogen and oxygen atoms in total. The van der Waals surface area contributed by atoms with Crippen molar-refractivity contribution in [2.45, 2.75) is 24.7 Å². The van der Waals surface area contributed by atoms with Gasteiger partial charge in [0.25, 0.3) is 16.0 Å². The molecule has 0 saturated carbocycles. The van der Waals surface area contributed by atoms with Crippen LogP contribution in [0.1, 0.15) is 19.8 Å². The fourth-order valence-corrected chi connectivity index (χ4v) is 2.94. The highest BCUT2D eigenvalue weighted by Crippen LogP contribution is 2.18. The molecule has 128 valence electrons. The number of amides is 1. The zero-order chi connectivity index (χ0) is 17.7. The molecular formula is C16H19N3O4S. The summed E-state index contributed by atoms with van der Waals surface area (Å²) in [6.07, 6.45) is 3.55. The molecule has 1 saturated heterocycles. The molecule has 1 aromatic rings. The Kier molecular flexibility index (Phi) is 5.59. The number of nitrogens with zero attached hydrogens (tertiary/aromatic N) is 2. The highest BCUT2D eigenvalue weighted by Gasteiger charge is 2.17. The second kappa shape index (κ2) is 7.47. The van der Waals surface area contributed by atoms with Gasteiger partial charge in [0.1, 0.15) is 11.6 Å². The number of carbonyl (C=O) groups is 1. The summed E-state index contributed by atoms with van der Waals surface area (Å²) in [6.45, 7) is 3.75. The van der Waals surface area contributed by atoms with Crippen molar-refractivity contribution in [2.24, 2.45) is 5.92 Å². The summed E-state index contributed by atoms with van der Waals surface area (Å²) in [4.78, 5) is 13.8. The van der Waals surface area contributed by atoms with E-state index in [1.54, 1.807) is 0 Å². The van der Waals surface area contributed by atoms with Crippen LogP contribution in [0.2, 0.25) is 0 Å². The monoisotopic (exact) mass is 349 g/mol. The maximum absolute atomic E-state index is 12.2. The third kappa shape index (κ3) is 4.81. The predicted molar refractivity (Wildman–Crippen MR) is 88.6 cm³/mol. The second-order valence-corrected chi connectivity index (χ2v) is 7.25. The molecule has 1 amide bonds. The van der Waals surface area contributed by atoms with Crippen LogP contribution in [-0.4, -0.2) is 36.9 Å². The average Bonchev–Trinajstić information content (AvgIpc) is 2.53. The van der Waals surface area contributed by atoms with Crippen molar-refractivity contribution in [3.05, 3.63) is 36.0 Å². The van der Waals surface area contributed by atoms with E-state index in [4.69, 9.17) is 4.55 Å². The van der Waals surface area contributed by atoms with Crippen LogP contribution >= 0.6 is 0 Å². The van der Waals surface area contributed by atoms with E-state index in [0.29, 0.717) is 5.92 Å². The Morgan fingerprint density at radius 3 is 2.67 bits per heavy atom. The molecule has 0 atom stereocenters. The van der Waals surface area contributed by atoms with Gasteiger partial charge in [-0.3, -0.25) is 9.35 Å². The van der Waals surface area contributed by atoms with Crippen molar-refractivity contribution < 1.29 is 17.8 Å². The number of benzene rings is 1. The van der Waals surface area contributed by atoms with Crippen molar-refractivity contribution in [3.8, 4) is 6.07 Å². The first kappa shape index (κ1) is 18.0. The van der Waals surface area contributed by atoms with Crippen LogP contribution < -0.4 is 5.32 Å². The third-order valence-electron chi connectivity index (χ3n) is 3.88. The van der Waals surface area contributed by atoms with Crippen LogP contribution in [0.25, 0.3) is 0 Å². The van der Waals surface area contributed by atoms with Crippen molar-refractivity contribution in [2.75, 3.05) is 18.4 Å². The Morgan fingerprint density at radius 2 is 2.08 bits per heavy atom. The number of hydrogen-bond acceptors (Lipinski definition) is 5. The van der Waals surface area contributed by atoms with Gasteiger partial charge in [-0.25, -0.2) is 0 Å².